The van der Waals surface area contributed by atoms with Crippen LogP contribution in [0.1, 0.15) is 19.8 Å². The number of hydrogen-bond donors (Lipinski definition) is 1. The van der Waals surface area contributed by atoms with E-state index in [4.69, 9.17) is 8.43 Å². The Labute approximate surface area is 135 Å². The summed E-state index contributed by atoms with van der Waals surface area (Å²) in [5.41, 5.74) is 0. The van der Waals surface area contributed by atoms with Crippen LogP contribution < -0.4 is 4.98 Å². The molecule has 1 unspecified atom stereocenters. The summed E-state index contributed by atoms with van der Waals surface area (Å²) in [6.45, 7) is 21.2. The molecule has 0 aromatic heterocycles. The SMILES string of the molecule is CCCC(N[Si](C)(C)C)P(=O)(O[Si](C)(C)C)O[Si](C)(C)C. The number of rotatable bonds is 9. The van der Waals surface area contributed by atoms with Crippen LogP contribution >= 0.6 is 7.60 Å². The van der Waals surface area contributed by atoms with Gasteiger partial charge in [-0.3, -0.25) is 4.57 Å². The Balaban J connectivity index is 5.53. The highest BCUT2D eigenvalue weighted by atomic mass is 31.2. The van der Waals surface area contributed by atoms with E-state index in [1.165, 1.54) is 0 Å². The molecule has 0 amide bonds. The van der Waals surface area contributed by atoms with E-state index in [0.717, 1.165) is 12.8 Å². The minimum atomic E-state index is -3.14. The molecule has 0 rings (SSSR count). The maximum absolute atomic E-state index is 13.6. The molecule has 128 valence electrons. The second-order valence-corrected chi connectivity index (χ2v) is 25.0. The molecule has 0 heterocycles. The van der Waals surface area contributed by atoms with Crippen molar-refractivity contribution in [1.82, 2.24) is 4.98 Å². The molecule has 0 aromatic carbocycles. The maximum Gasteiger partial charge on any atom is 0.327 e. The van der Waals surface area contributed by atoms with Crippen LogP contribution in [-0.2, 0) is 13.0 Å². The first-order valence-electron chi connectivity index (χ1n) is 7.87. The van der Waals surface area contributed by atoms with Crippen LogP contribution in [0, 0.1) is 0 Å². The summed E-state index contributed by atoms with van der Waals surface area (Å²) in [5.74, 6) is -0.174. The van der Waals surface area contributed by atoms with Crippen molar-refractivity contribution in [3.05, 3.63) is 0 Å². The van der Waals surface area contributed by atoms with Gasteiger partial charge in [0.25, 0.3) is 0 Å². The average molecular weight is 370 g/mol. The van der Waals surface area contributed by atoms with Gasteiger partial charge in [-0.05, 0) is 45.7 Å². The Kier molecular flexibility index (Phi) is 7.83. The van der Waals surface area contributed by atoms with Gasteiger partial charge in [0.2, 0.25) is 0 Å². The first-order chi connectivity index (χ1) is 9.08. The van der Waals surface area contributed by atoms with Gasteiger partial charge < -0.3 is 13.4 Å². The van der Waals surface area contributed by atoms with Crippen molar-refractivity contribution < 1.29 is 13.0 Å². The van der Waals surface area contributed by atoms with E-state index in [2.05, 4.69) is 70.8 Å². The lowest BCUT2D eigenvalue weighted by atomic mass is 10.3. The lowest BCUT2D eigenvalue weighted by Gasteiger charge is -2.38. The van der Waals surface area contributed by atoms with Crippen molar-refractivity contribution in [2.45, 2.75) is 84.5 Å². The zero-order valence-electron chi connectivity index (χ0n) is 15.7. The predicted octanol–water partition coefficient (Wildman–Crippen LogP) is 5.43. The Morgan fingerprint density at radius 3 is 1.52 bits per heavy atom. The van der Waals surface area contributed by atoms with Crippen LogP contribution in [0.5, 0.6) is 0 Å². The lowest BCUT2D eigenvalue weighted by Crippen LogP contribution is -2.49. The smallest absolute Gasteiger partial charge is 0.327 e. The highest BCUT2D eigenvalue weighted by Crippen LogP contribution is 2.57. The molecule has 0 radical (unpaired) electrons. The van der Waals surface area contributed by atoms with Gasteiger partial charge in [-0.2, -0.15) is 0 Å². The van der Waals surface area contributed by atoms with Gasteiger partial charge in [0.05, 0.1) is 0 Å². The van der Waals surface area contributed by atoms with Gasteiger partial charge in [-0.15, -0.1) is 0 Å². The van der Waals surface area contributed by atoms with Crippen molar-refractivity contribution in [3.63, 3.8) is 0 Å². The van der Waals surface area contributed by atoms with Crippen molar-refractivity contribution in [3.8, 4) is 0 Å². The molecule has 0 spiro atoms. The Morgan fingerprint density at radius 1 is 0.905 bits per heavy atom. The van der Waals surface area contributed by atoms with Crippen LogP contribution in [0.25, 0.3) is 0 Å². The minimum Gasteiger partial charge on any atom is -0.351 e. The third-order valence-electron chi connectivity index (χ3n) is 2.35. The van der Waals surface area contributed by atoms with E-state index in [-0.39, 0.29) is 5.78 Å². The van der Waals surface area contributed by atoms with Crippen molar-refractivity contribution >= 4 is 32.5 Å². The first-order valence-corrected chi connectivity index (χ1v) is 19.8. The summed E-state index contributed by atoms with van der Waals surface area (Å²) in [6, 6.07) is 0. The Hall–Kier alpha value is 0.761. The fourth-order valence-electron chi connectivity index (χ4n) is 1.99. The predicted molar refractivity (Wildman–Crippen MR) is 102 cm³/mol. The summed E-state index contributed by atoms with van der Waals surface area (Å²) in [6.07, 6.45) is 1.80. The minimum absolute atomic E-state index is 0.174. The molecule has 0 aliphatic rings. The van der Waals surface area contributed by atoms with E-state index in [1.54, 1.807) is 0 Å². The standard InChI is InChI=1S/C13H36NO3PSi3/c1-11-12-13(14-19(2,3)4)18(15,16-20(5,6)7)17-21(8,9)10/h13-14H,11-12H2,1-10H3. The molecule has 0 bridgehead atoms. The molecule has 0 aromatic rings. The van der Waals surface area contributed by atoms with Crippen LogP contribution in [-0.4, -0.2) is 30.7 Å². The summed E-state index contributed by atoms with van der Waals surface area (Å²) in [7, 11) is -8.61. The van der Waals surface area contributed by atoms with Crippen molar-refractivity contribution in [2.24, 2.45) is 0 Å². The Bertz CT molecular complexity index is 352. The monoisotopic (exact) mass is 369 g/mol. The van der Waals surface area contributed by atoms with Gasteiger partial charge in [0.15, 0.2) is 16.6 Å². The molecule has 0 aliphatic carbocycles. The molecular formula is C13H36NO3PSi3. The molecule has 0 saturated heterocycles. The first kappa shape index (κ1) is 21.8. The van der Waals surface area contributed by atoms with Crippen molar-refractivity contribution in [2.75, 3.05) is 0 Å². The topological polar surface area (TPSA) is 47.6 Å². The summed E-state index contributed by atoms with van der Waals surface area (Å²) >= 11 is 0. The zero-order valence-corrected chi connectivity index (χ0v) is 19.6. The third kappa shape index (κ3) is 10.2. The van der Waals surface area contributed by atoms with Gasteiger partial charge in [-0.1, -0.05) is 33.0 Å². The molecule has 0 fully saturated rings. The Morgan fingerprint density at radius 2 is 1.29 bits per heavy atom. The average Bonchev–Trinajstić information content (AvgIpc) is 2.08. The van der Waals surface area contributed by atoms with Crippen molar-refractivity contribution in [1.29, 1.82) is 0 Å². The van der Waals surface area contributed by atoms with Crippen LogP contribution in [0.2, 0.25) is 58.9 Å². The van der Waals surface area contributed by atoms with E-state index in [1.807, 2.05) is 0 Å². The molecular weight excluding hydrogens is 333 g/mol. The van der Waals surface area contributed by atoms with Gasteiger partial charge in [0, 0.05) is 0 Å². The third-order valence-corrected chi connectivity index (χ3v) is 11.4. The van der Waals surface area contributed by atoms with Gasteiger partial charge in [0.1, 0.15) is 14.0 Å². The summed E-state index contributed by atoms with van der Waals surface area (Å²) in [4.78, 5) is 3.61. The molecule has 4 nitrogen and oxygen atoms in total. The quantitative estimate of drug-likeness (QED) is 0.434. The number of hydrogen-bond acceptors (Lipinski definition) is 4. The van der Waals surface area contributed by atoms with Crippen LogP contribution in [0.15, 0.2) is 0 Å². The number of nitrogens with one attached hydrogen (secondary N) is 1. The molecule has 8 heteroatoms. The largest absolute Gasteiger partial charge is 0.351 e. The van der Waals surface area contributed by atoms with Gasteiger partial charge >= 0.3 is 7.60 Å². The highest BCUT2D eigenvalue weighted by Gasteiger charge is 2.43. The zero-order chi connectivity index (χ0) is 17.1. The fourth-order valence-corrected chi connectivity index (χ4v) is 13.1. The second-order valence-electron chi connectivity index (χ2n) is 8.65. The van der Waals surface area contributed by atoms with Crippen LogP contribution in [0.3, 0.4) is 0 Å². The van der Waals surface area contributed by atoms with Crippen LogP contribution in [0.4, 0.5) is 0 Å². The lowest BCUT2D eigenvalue weighted by molar-refractivity contribution is 0.360. The van der Waals surface area contributed by atoms with E-state index < -0.39 is 32.5 Å². The van der Waals surface area contributed by atoms with E-state index >= 15 is 0 Å². The van der Waals surface area contributed by atoms with Gasteiger partial charge in [-0.25, -0.2) is 0 Å². The highest BCUT2D eigenvalue weighted by molar-refractivity contribution is 7.57. The normalized spacial score (nSPS) is 16.1. The summed E-state index contributed by atoms with van der Waals surface area (Å²) < 4.78 is 25.9. The molecule has 1 atom stereocenters. The molecule has 21 heavy (non-hydrogen) atoms. The van der Waals surface area contributed by atoms with E-state index in [0.29, 0.717) is 0 Å². The second kappa shape index (κ2) is 7.55. The van der Waals surface area contributed by atoms with E-state index in [9.17, 15) is 4.57 Å². The summed E-state index contributed by atoms with van der Waals surface area (Å²) in [5, 5.41) is 0. The molecule has 0 saturated carbocycles. The fraction of sp³-hybridized carbons (Fsp3) is 1.00. The molecule has 0 aliphatic heterocycles. The maximum atomic E-state index is 13.6. The molecule has 1 N–H and O–H groups in total.